The minimum Gasteiger partial charge on any atom is -0.381 e. The number of nitrogens with two attached hydrogens (primary N) is 1. The molecule has 1 atom stereocenters. The highest BCUT2D eigenvalue weighted by Gasteiger charge is 2.40. The molecule has 0 radical (unpaired) electrons. The molecule has 2 saturated heterocycles. The van der Waals surface area contributed by atoms with E-state index in [-0.39, 0.29) is 11.6 Å². The summed E-state index contributed by atoms with van der Waals surface area (Å²) in [4.78, 5) is 0. The standard InChI is InChI=1S/C14H27NO3/c1-2-18-14(5-9-17-10-6-14)13(15)11-12-3-7-16-8-4-12/h12-13H,2-11,15H2,1H3. The first-order valence-corrected chi connectivity index (χ1v) is 7.32. The van der Waals surface area contributed by atoms with Crippen LogP contribution in [0.25, 0.3) is 0 Å². The molecule has 0 aromatic carbocycles. The molecular weight excluding hydrogens is 230 g/mol. The van der Waals surface area contributed by atoms with E-state index in [4.69, 9.17) is 19.9 Å². The first kappa shape index (κ1) is 14.3. The van der Waals surface area contributed by atoms with Gasteiger partial charge in [0.05, 0.1) is 5.60 Å². The smallest absolute Gasteiger partial charge is 0.0876 e. The molecule has 0 spiro atoms. The van der Waals surface area contributed by atoms with E-state index < -0.39 is 0 Å². The molecule has 0 amide bonds. The summed E-state index contributed by atoms with van der Waals surface area (Å²) < 4.78 is 16.9. The van der Waals surface area contributed by atoms with Gasteiger partial charge in [-0.1, -0.05) is 0 Å². The van der Waals surface area contributed by atoms with Gasteiger partial charge in [0.15, 0.2) is 0 Å². The van der Waals surface area contributed by atoms with E-state index in [0.29, 0.717) is 5.92 Å². The van der Waals surface area contributed by atoms with Crippen molar-refractivity contribution >= 4 is 0 Å². The van der Waals surface area contributed by atoms with E-state index in [2.05, 4.69) is 6.92 Å². The summed E-state index contributed by atoms with van der Waals surface area (Å²) in [6.07, 6.45) is 5.22. The van der Waals surface area contributed by atoms with Crippen LogP contribution in [0.3, 0.4) is 0 Å². The normalized spacial score (nSPS) is 27.0. The molecule has 2 fully saturated rings. The third-order valence-electron chi connectivity index (χ3n) is 4.37. The van der Waals surface area contributed by atoms with E-state index >= 15 is 0 Å². The van der Waals surface area contributed by atoms with Crippen molar-refractivity contribution in [1.29, 1.82) is 0 Å². The Labute approximate surface area is 110 Å². The van der Waals surface area contributed by atoms with Gasteiger partial charge in [-0.2, -0.15) is 0 Å². The summed E-state index contributed by atoms with van der Waals surface area (Å²) in [6.45, 7) is 6.13. The highest BCUT2D eigenvalue weighted by atomic mass is 16.5. The fraction of sp³-hybridized carbons (Fsp3) is 1.00. The molecule has 2 heterocycles. The summed E-state index contributed by atoms with van der Waals surface area (Å²) >= 11 is 0. The van der Waals surface area contributed by atoms with Gasteiger partial charge in [0.1, 0.15) is 0 Å². The lowest BCUT2D eigenvalue weighted by atomic mass is 9.80. The second-order valence-corrected chi connectivity index (χ2v) is 5.51. The van der Waals surface area contributed by atoms with Crippen LogP contribution in [0.4, 0.5) is 0 Å². The zero-order chi connectivity index (χ0) is 12.8. The lowest BCUT2D eigenvalue weighted by Crippen LogP contribution is -2.54. The number of rotatable bonds is 5. The first-order chi connectivity index (χ1) is 8.77. The molecule has 2 N–H and O–H groups in total. The zero-order valence-corrected chi connectivity index (χ0v) is 11.5. The van der Waals surface area contributed by atoms with Crippen LogP contribution in [0, 0.1) is 5.92 Å². The summed E-state index contributed by atoms with van der Waals surface area (Å²) in [5.41, 5.74) is 6.33. The zero-order valence-electron chi connectivity index (χ0n) is 11.5. The Morgan fingerprint density at radius 1 is 1.17 bits per heavy atom. The van der Waals surface area contributed by atoms with E-state index in [1.165, 1.54) is 0 Å². The van der Waals surface area contributed by atoms with Crippen molar-refractivity contribution in [2.45, 2.75) is 50.7 Å². The Balaban J connectivity index is 1.91. The molecule has 0 bridgehead atoms. The minimum atomic E-state index is -0.148. The molecular formula is C14H27NO3. The summed E-state index contributed by atoms with van der Waals surface area (Å²) in [7, 11) is 0. The van der Waals surface area contributed by atoms with Crippen molar-refractivity contribution in [3.8, 4) is 0 Å². The average molecular weight is 257 g/mol. The first-order valence-electron chi connectivity index (χ1n) is 7.32. The molecule has 0 aromatic rings. The maximum atomic E-state index is 6.48. The van der Waals surface area contributed by atoms with Crippen LogP contribution in [-0.4, -0.2) is 44.7 Å². The second kappa shape index (κ2) is 6.85. The third kappa shape index (κ3) is 3.44. The lowest BCUT2D eigenvalue weighted by Gasteiger charge is -2.42. The topological polar surface area (TPSA) is 53.7 Å². The van der Waals surface area contributed by atoms with Crippen molar-refractivity contribution in [1.82, 2.24) is 0 Å². The van der Waals surface area contributed by atoms with Crippen LogP contribution in [0.15, 0.2) is 0 Å². The van der Waals surface area contributed by atoms with Gasteiger partial charge in [-0.25, -0.2) is 0 Å². The molecule has 1 unspecified atom stereocenters. The van der Waals surface area contributed by atoms with Gasteiger partial charge in [-0.3, -0.25) is 0 Å². The maximum Gasteiger partial charge on any atom is 0.0876 e. The molecule has 0 aliphatic carbocycles. The molecule has 2 aliphatic rings. The van der Waals surface area contributed by atoms with Gasteiger partial charge >= 0.3 is 0 Å². The molecule has 0 saturated carbocycles. The van der Waals surface area contributed by atoms with Crippen LogP contribution in [-0.2, 0) is 14.2 Å². The average Bonchev–Trinajstić information content (AvgIpc) is 2.41. The predicted octanol–water partition coefficient (Wildman–Crippen LogP) is 1.72. The molecule has 0 aromatic heterocycles. The Kier molecular flexibility index (Phi) is 5.42. The molecule has 106 valence electrons. The minimum absolute atomic E-state index is 0.129. The van der Waals surface area contributed by atoms with Crippen molar-refractivity contribution in [3.05, 3.63) is 0 Å². The Hall–Kier alpha value is -0.160. The summed E-state index contributed by atoms with van der Waals surface area (Å²) in [5.74, 6) is 0.703. The summed E-state index contributed by atoms with van der Waals surface area (Å²) in [5, 5.41) is 0. The van der Waals surface area contributed by atoms with Crippen LogP contribution in [0.5, 0.6) is 0 Å². The van der Waals surface area contributed by atoms with Crippen LogP contribution >= 0.6 is 0 Å². The fourth-order valence-corrected chi connectivity index (χ4v) is 3.18. The van der Waals surface area contributed by atoms with E-state index in [9.17, 15) is 0 Å². The lowest BCUT2D eigenvalue weighted by molar-refractivity contribution is -0.124. The van der Waals surface area contributed by atoms with Crippen molar-refractivity contribution in [2.24, 2.45) is 11.7 Å². The van der Waals surface area contributed by atoms with E-state index in [1.807, 2.05) is 0 Å². The molecule has 4 heteroatoms. The summed E-state index contributed by atoms with van der Waals surface area (Å²) in [6, 6.07) is 0.129. The second-order valence-electron chi connectivity index (χ2n) is 5.51. The number of hydrogen-bond donors (Lipinski definition) is 1. The van der Waals surface area contributed by atoms with Crippen LogP contribution in [0.1, 0.15) is 39.0 Å². The van der Waals surface area contributed by atoms with E-state index in [0.717, 1.165) is 65.1 Å². The highest BCUT2D eigenvalue weighted by Crippen LogP contribution is 2.32. The Morgan fingerprint density at radius 3 is 2.39 bits per heavy atom. The molecule has 2 aliphatic heterocycles. The van der Waals surface area contributed by atoms with Gasteiger partial charge < -0.3 is 19.9 Å². The number of ether oxygens (including phenoxy) is 3. The third-order valence-corrected chi connectivity index (χ3v) is 4.37. The molecule has 2 rings (SSSR count). The van der Waals surface area contributed by atoms with Crippen molar-refractivity contribution in [2.75, 3.05) is 33.0 Å². The van der Waals surface area contributed by atoms with Crippen molar-refractivity contribution in [3.63, 3.8) is 0 Å². The van der Waals surface area contributed by atoms with Gasteiger partial charge in [0, 0.05) is 51.9 Å². The largest absolute Gasteiger partial charge is 0.381 e. The fourth-order valence-electron chi connectivity index (χ4n) is 3.18. The highest BCUT2D eigenvalue weighted by molar-refractivity contribution is 4.94. The Bertz CT molecular complexity index is 230. The quantitative estimate of drug-likeness (QED) is 0.814. The van der Waals surface area contributed by atoms with Gasteiger partial charge in [-0.05, 0) is 32.1 Å². The van der Waals surface area contributed by atoms with Gasteiger partial charge in [0.25, 0.3) is 0 Å². The Morgan fingerprint density at radius 2 is 1.78 bits per heavy atom. The molecule has 18 heavy (non-hydrogen) atoms. The van der Waals surface area contributed by atoms with Crippen LogP contribution < -0.4 is 5.73 Å². The van der Waals surface area contributed by atoms with Gasteiger partial charge in [-0.15, -0.1) is 0 Å². The SMILES string of the molecule is CCOC1(C(N)CC2CCOCC2)CCOCC1. The number of hydrogen-bond acceptors (Lipinski definition) is 4. The maximum absolute atomic E-state index is 6.48. The van der Waals surface area contributed by atoms with Crippen molar-refractivity contribution < 1.29 is 14.2 Å². The van der Waals surface area contributed by atoms with Gasteiger partial charge in [0.2, 0.25) is 0 Å². The molecule has 4 nitrogen and oxygen atoms in total. The van der Waals surface area contributed by atoms with Crippen LogP contribution in [0.2, 0.25) is 0 Å². The predicted molar refractivity (Wildman–Crippen MR) is 70.5 cm³/mol. The van der Waals surface area contributed by atoms with E-state index in [1.54, 1.807) is 0 Å². The monoisotopic (exact) mass is 257 g/mol.